The monoisotopic (exact) mass is 426 g/mol. The molecule has 2 heteroatoms. The molecule has 2 nitrogen and oxygen atoms in total. The molecule has 0 saturated heterocycles. The molecule has 0 bridgehead atoms. The van der Waals surface area contributed by atoms with E-state index in [2.05, 4.69) is 97.5 Å². The SMILES string of the molecule is Cc1c(-c2cc3cc4ccccc4cc3c[n+]2C)cc(Oc2ccccc2)c2ccccc12. The second-order valence-corrected chi connectivity index (χ2v) is 8.61. The molecule has 0 aliphatic rings. The van der Waals surface area contributed by atoms with Crippen molar-refractivity contribution in [2.24, 2.45) is 7.05 Å². The Labute approximate surface area is 193 Å². The van der Waals surface area contributed by atoms with Crippen LogP contribution in [0.5, 0.6) is 11.5 Å². The van der Waals surface area contributed by atoms with Gasteiger partial charge >= 0.3 is 0 Å². The number of para-hydroxylation sites is 1. The normalized spacial score (nSPS) is 11.3. The van der Waals surface area contributed by atoms with Crippen LogP contribution in [0.25, 0.3) is 43.6 Å². The van der Waals surface area contributed by atoms with Gasteiger partial charge in [0.05, 0.1) is 5.56 Å². The number of fused-ring (bicyclic) bond motifs is 3. The van der Waals surface area contributed by atoms with Gasteiger partial charge in [0.1, 0.15) is 18.5 Å². The third kappa shape index (κ3) is 3.41. The predicted octanol–water partition coefficient (Wildman–Crippen LogP) is 7.74. The topological polar surface area (TPSA) is 13.1 Å². The number of ether oxygens (including phenoxy) is 1. The highest BCUT2D eigenvalue weighted by molar-refractivity contribution is 6.00. The maximum absolute atomic E-state index is 6.38. The van der Waals surface area contributed by atoms with Gasteiger partial charge in [0.2, 0.25) is 5.69 Å². The summed E-state index contributed by atoms with van der Waals surface area (Å²) in [5.41, 5.74) is 3.60. The van der Waals surface area contributed by atoms with E-state index >= 15 is 0 Å². The standard InChI is InChI=1S/C31H24NO/c1-21-27-14-8-9-15-28(27)31(33-26-12-4-3-5-13-26)19-29(21)30-18-24-16-22-10-6-7-11-23(22)17-25(24)20-32(30)2/h3-20H,1-2H3/q+1. The molecule has 0 radical (unpaired) electrons. The van der Waals surface area contributed by atoms with Crippen LogP contribution >= 0.6 is 0 Å². The Morgan fingerprint density at radius 3 is 2.00 bits per heavy atom. The largest absolute Gasteiger partial charge is 0.457 e. The summed E-state index contributed by atoms with van der Waals surface area (Å²) < 4.78 is 8.61. The lowest BCUT2D eigenvalue weighted by Crippen LogP contribution is -2.30. The van der Waals surface area contributed by atoms with E-state index in [-0.39, 0.29) is 0 Å². The van der Waals surface area contributed by atoms with E-state index in [1.807, 2.05) is 30.3 Å². The second kappa shape index (κ2) is 7.75. The minimum atomic E-state index is 0.840. The highest BCUT2D eigenvalue weighted by Crippen LogP contribution is 2.38. The number of benzene rings is 5. The third-order valence-electron chi connectivity index (χ3n) is 6.48. The molecule has 0 amide bonds. The van der Waals surface area contributed by atoms with Gasteiger partial charge in [-0.2, -0.15) is 0 Å². The zero-order valence-corrected chi connectivity index (χ0v) is 18.7. The van der Waals surface area contributed by atoms with Crippen molar-refractivity contribution in [3.63, 3.8) is 0 Å². The van der Waals surface area contributed by atoms with Crippen molar-refractivity contribution in [1.82, 2.24) is 0 Å². The van der Waals surface area contributed by atoms with Crippen molar-refractivity contribution >= 4 is 32.3 Å². The number of aromatic nitrogens is 1. The molecule has 0 unspecified atom stereocenters. The van der Waals surface area contributed by atoms with Crippen molar-refractivity contribution in [3.05, 3.63) is 115 Å². The molecule has 0 aliphatic carbocycles. The van der Waals surface area contributed by atoms with Gasteiger partial charge in [0, 0.05) is 16.8 Å². The number of aryl methyl sites for hydroxylation is 2. The Hall–Kier alpha value is -4.17. The summed E-state index contributed by atoms with van der Waals surface area (Å²) in [6, 6.07) is 36.0. The molecular formula is C31H24NO+. The van der Waals surface area contributed by atoms with Gasteiger partial charge in [-0.25, -0.2) is 4.57 Å². The van der Waals surface area contributed by atoms with E-state index in [1.165, 1.54) is 43.8 Å². The summed E-state index contributed by atoms with van der Waals surface area (Å²) in [6.45, 7) is 2.20. The fourth-order valence-electron chi connectivity index (χ4n) is 4.76. The lowest BCUT2D eigenvalue weighted by molar-refractivity contribution is -0.659. The average molecular weight is 427 g/mol. The first kappa shape index (κ1) is 19.5. The fourth-order valence-corrected chi connectivity index (χ4v) is 4.76. The molecule has 158 valence electrons. The van der Waals surface area contributed by atoms with Gasteiger partial charge < -0.3 is 4.74 Å². The Morgan fingerprint density at radius 2 is 1.24 bits per heavy atom. The van der Waals surface area contributed by atoms with Crippen LogP contribution < -0.4 is 9.30 Å². The molecule has 0 spiro atoms. The summed E-state index contributed by atoms with van der Waals surface area (Å²) in [4.78, 5) is 0. The minimum absolute atomic E-state index is 0.840. The van der Waals surface area contributed by atoms with Crippen molar-refractivity contribution in [2.45, 2.75) is 6.92 Å². The van der Waals surface area contributed by atoms with Crippen molar-refractivity contribution in [2.75, 3.05) is 0 Å². The van der Waals surface area contributed by atoms with Crippen LogP contribution in [0, 0.1) is 6.92 Å². The van der Waals surface area contributed by atoms with Gasteiger partial charge in [0.15, 0.2) is 6.20 Å². The number of hydrogen-bond acceptors (Lipinski definition) is 1. The zero-order chi connectivity index (χ0) is 22.4. The van der Waals surface area contributed by atoms with Crippen LogP contribution in [-0.2, 0) is 7.05 Å². The molecule has 0 fully saturated rings. The van der Waals surface area contributed by atoms with Gasteiger partial charge in [-0.1, -0.05) is 66.7 Å². The Kier molecular flexibility index (Phi) is 4.58. The summed E-state index contributed by atoms with van der Waals surface area (Å²) in [5.74, 6) is 1.71. The molecule has 0 N–H and O–H groups in total. The lowest BCUT2D eigenvalue weighted by Gasteiger charge is -2.15. The quantitative estimate of drug-likeness (QED) is 0.208. The van der Waals surface area contributed by atoms with Crippen LogP contribution in [0.1, 0.15) is 5.56 Å². The summed E-state index contributed by atoms with van der Waals surface area (Å²) in [6.07, 6.45) is 2.23. The van der Waals surface area contributed by atoms with Crippen LogP contribution in [0.3, 0.4) is 0 Å². The first-order chi connectivity index (χ1) is 16.2. The molecule has 0 aliphatic heterocycles. The second-order valence-electron chi connectivity index (χ2n) is 8.61. The number of nitrogens with zero attached hydrogens (tertiary/aromatic N) is 1. The predicted molar refractivity (Wildman–Crippen MR) is 137 cm³/mol. The molecule has 6 aromatic rings. The van der Waals surface area contributed by atoms with Crippen LogP contribution in [0.15, 0.2) is 109 Å². The number of hydrogen-bond donors (Lipinski definition) is 0. The first-order valence-electron chi connectivity index (χ1n) is 11.3. The molecule has 0 atom stereocenters. The van der Waals surface area contributed by atoms with E-state index in [0.29, 0.717) is 0 Å². The van der Waals surface area contributed by atoms with Gasteiger partial charge in [-0.05, 0) is 64.4 Å². The van der Waals surface area contributed by atoms with Crippen LogP contribution in [0.2, 0.25) is 0 Å². The van der Waals surface area contributed by atoms with Crippen molar-refractivity contribution in [1.29, 1.82) is 0 Å². The average Bonchev–Trinajstić information content (AvgIpc) is 2.85. The summed E-state index contributed by atoms with van der Waals surface area (Å²) in [5, 5.41) is 7.32. The van der Waals surface area contributed by atoms with E-state index in [9.17, 15) is 0 Å². The molecule has 33 heavy (non-hydrogen) atoms. The molecule has 1 aromatic heterocycles. The van der Waals surface area contributed by atoms with Crippen LogP contribution in [-0.4, -0.2) is 0 Å². The maximum atomic E-state index is 6.38. The third-order valence-corrected chi connectivity index (χ3v) is 6.48. The zero-order valence-electron chi connectivity index (χ0n) is 18.7. The summed E-state index contributed by atoms with van der Waals surface area (Å²) in [7, 11) is 2.12. The number of pyridine rings is 1. The van der Waals surface area contributed by atoms with Crippen molar-refractivity contribution < 1.29 is 9.30 Å². The Bertz CT molecular complexity index is 1650. The van der Waals surface area contributed by atoms with Gasteiger partial charge in [-0.15, -0.1) is 0 Å². The maximum Gasteiger partial charge on any atom is 0.213 e. The molecule has 6 rings (SSSR count). The molecule has 5 aromatic carbocycles. The number of rotatable bonds is 3. The van der Waals surface area contributed by atoms with Crippen molar-refractivity contribution in [3.8, 4) is 22.8 Å². The molecular weight excluding hydrogens is 402 g/mol. The highest BCUT2D eigenvalue weighted by atomic mass is 16.5. The molecule has 0 saturated carbocycles. The van der Waals surface area contributed by atoms with E-state index in [0.717, 1.165) is 16.9 Å². The summed E-state index contributed by atoms with van der Waals surface area (Å²) >= 11 is 0. The van der Waals surface area contributed by atoms with Crippen LogP contribution in [0.4, 0.5) is 0 Å². The van der Waals surface area contributed by atoms with E-state index in [4.69, 9.17) is 4.74 Å². The van der Waals surface area contributed by atoms with Gasteiger partial charge in [-0.3, -0.25) is 0 Å². The molecule has 1 heterocycles. The van der Waals surface area contributed by atoms with E-state index in [1.54, 1.807) is 0 Å². The smallest absolute Gasteiger partial charge is 0.213 e. The lowest BCUT2D eigenvalue weighted by atomic mass is 9.95. The first-order valence-corrected chi connectivity index (χ1v) is 11.3. The Balaban J connectivity index is 1.59. The van der Waals surface area contributed by atoms with E-state index < -0.39 is 0 Å². The Morgan fingerprint density at radius 1 is 0.606 bits per heavy atom. The van der Waals surface area contributed by atoms with Gasteiger partial charge in [0.25, 0.3) is 0 Å². The fraction of sp³-hybridized carbons (Fsp3) is 0.0645. The highest BCUT2D eigenvalue weighted by Gasteiger charge is 2.19. The minimum Gasteiger partial charge on any atom is -0.457 e.